The molecule has 2 aliphatic heterocycles. The van der Waals surface area contributed by atoms with E-state index in [4.69, 9.17) is 14.2 Å². The van der Waals surface area contributed by atoms with Gasteiger partial charge in [-0.3, -0.25) is 4.99 Å². The van der Waals surface area contributed by atoms with Crippen LogP contribution in [-0.4, -0.2) is 57.9 Å². The summed E-state index contributed by atoms with van der Waals surface area (Å²) in [5.74, 6) is 3.04. The lowest BCUT2D eigenvalue weighted by Crippen LogP contribution is -2.49. The summed E-state index contributed by atoms with van der Waals surface area (Å²) >= 11 is 0. The van der Waals surface area contributed by atoms with Crippen LogP contribution in [0.4, 0.5) is 0 Å². The number of aliphatic imine (C=N–C) groups is 1. The molecule has 1 aromatic rings. The average molecular weight is 404 g/mol. The molecule has 0 spiro atoms. The molecule has 3 rings (SSSR count). The summed E-state index contributed by atoms with van der Waals surface area (Å²) in [5.41, 5.74) is 2.74. The van der Waals surface area contributed by atoms with Gasteiger partial charge in [-0.05, 0) is 47.9 Å². The first-order valence-corrected chi connectivity index (χ1v) is 10.7. The van der Waals surface area contributed by atoms with Crippen LogP contribution in [0.2, 0.25) is 0 Å². The van der Waals surface area contributed by atoms with Crippen molar-refractivity contribution in [3.63, 3.8) is 0 Å². The largest absolute Gasteiger partial charge is 0.493 e. The molecular weight excluding hydrogens is 366 g/mol. The molecule has 162 valence electrons. The monoisotopic (exact) mass is 403 g/mol. The number of rotatable bonds is 4. The van der Waals surface area contributed by atoms with E-state index in [1.165, 1.54) is 17.5 Å². The van der Waals surface area contributed by atoms with Crippen molar-refractivity contribution in [1.82, 2.24) is 10.2 Å². The Balaban J connectivity index is 1.67. The van der Waals surface area contributed by atoms with Crippen molar-refractivity contribution in [2.45, 2.75) is 52.7 Å². The van der Waals surface area contributed by atoms with Crippen molar-refractivity contribution < 1.29 is 14.2 Å². The fourth-order valence-electron chi connectivity index (χ4n) is 4.63. The van der Waals surface area contributed by atoms with Crippen LogP contribution in [0, 0.1) is 11.3 Å². The van der Waals surface area contributed by atoms with Gasteiger partial charge in [-0.1, -0.05) is 20.8 Å². The minimum Gasteiger partial charge on any atom is -0.493 e. The SMILES string of the molecule is CN=C(NCC1CCCOC1C(C)(C)C)N1CCc2cc(OC)c(OC)cc2C1. The van der Waals surface area contributed by atoms with E-state index in [0.717, 1.165) is 56.5 Å². The number of hydrogen-bond acceptors (Lipinski definition) is 4. The number of nitrogens with one attached hydrogen (secondary N) is 1. The van der Waals surface area contributed by atoms with Crippen LogP contribution in [0.5, 0.6) is 11.5 Å². The quantitative estimate of drug-likeness (QED) is 0.616. The zero-order valence-corrected chi connectivity index (χ0v) is 18.9. The van der Waals surface area contributed by atoms with Gasteiger partial charge in [0.05, 0.1) is 20.3 Å². The van der Waals surface area contributed by atoms with E-state index in [0.29, 0.717) is 5.92 Å². The molecule has 1 N–H and O–H groups in total. The van der Waals surface area contributed by atoms with Crippen molar-refractivity contribution in [3.05, 3.63) is 23.3 Å². The minimum absolute atomic E-state index is 0.149. The number of methoxy groups -OCH3 is 2. The van der Waals surface area contributed by atoms with Gasteiger partial charge in [-0.2, -0.15) is 0 Å². The molecule has 1 fully saturated rings. The van der Waals surface area contributed by atoms with Gasteiger partial charge in [-0.15, -0.1) is 0 Å². The number of guanidine groups is 1. The fourth-order valence-corrected chi connectivity index (χ4v) is 4.63. The zero-order chi connectivity index (χ0) is 21.0. The first-order chi connectivity index (χ1) is 13.9. The van der Waals surface area contributed by atoms with Crippen LogP contribution < -0.4 is 14.8 Å². The van der Waals surface area contributed by atoms with E-state index >= 15 is 0 Å². The minimum atomic E-state index is 0.149. The number of benzene rings is 1. The highest BCUT2D eigenvalue weighted by Crippen LogP contribution is 2.35. The lowest BCUT2D eigenvalue weighted by molar-refractivity contribution is -0.0836. The molecule has 0 aliphatic carbocycles. The summed E-state index contributed by atoms with van der Waals surface area (Å²) in [6.45, 7) is 10.3. The van der Waals surface area contributed by atoms with Gasteiger partial charge >= 0.3 is 0 Å². The summed E-state index contributed by atoms with van der Waals surface area (Å²) < 4.78 is 17.1. The van der Waals surface area contributed by atoms with E-state index in [-0.39, 0.29) is 11.5 Å². The van der Waals surface area contributed by atoms with Gasteiger partial charge in [0.1, 0.15) is 0 Å². The second kappa shape index (κ2) is 9.24. The van der Waals surface area contributed by atoms with Gasteiger partial charge in [0, 0.05) is 39.2 Å². The highest BCUT2D eigenvalue weighted by Gasteiger charge is 2.35. The molecule has 2 atom stereocenters. The standard InChI is InChI=1S/C23H37N3O3/c1-23(2,3)21-17(8-7-11-29-21)14-25-22(24-4)26-10-9-16-12-19(27-5)20(28-6)13-18(16)15-26/h12-13,17,21H,7-11,14-15H2,1-6H3,(H,24,25). The highest BCUT2D eigenvalue weighted by atomic mass is 16.5. The Morgan fingerprint density at radius 1 is 1.21 bits per heavy atom. The Morgan fingerprint density at radius 3 is 2.52 bits per heavy atom. The Bertz CT molecular complexity index is 727. The second-order valence-electron chi connectivity index (χ2n) is 9.14. The van der Waals surface area contributed by atoms with E-state index in [1.807, 2.05) is 7.05 Å². The van der Waals surface area contributed by atoms with Gasteiger partial charge in [0.15, 0.2) is 17.5 Å². The smallest absolute Gasteiger partial charge is 0.193 e. The number of nitrogens with zero attached hydrogens (tertiary/aromatic N) is 2. The molecule has 0 amide bonds. The summed E-state index contributed by atoms with van der Waals surface area (Å²) in [6.07, 6.45) is 3.58. The van der Waals surface area contributed by atoms with Crippen LogP contribution >= 0.6 is 0 Å². The molecule has 0 radical (unpaired) electrons. The predicted octanol–water partition coefficient (Wildman–Crippen LogP) is 3.48. The first-order valence-electron chi connectivity index (χ1n) is 10.7. The lowest BCUT2D eigenvalue weighted by atomic mass is 9.78. The molecule has 0 aromatic heterocycles. The van der Waals surface area contributed by atoms with E-state index < -0.39 is 0 Å². The maximum Gasteiger partial charge on any atom is 0.193 e. The van der Waals surface area contributed by atoms with Crippen molar-refractivity contribution in [2.24, 2.45) is 16.3 Å². The number of hydrogen-bond donors (Lipinski definition) is 1. The summed E-state index contributed by atoms with van der Waals surface area (Å²) in [5, 5.41) is 3.63. The third-order valence-electron chi connectivity index (χ3n) is 6.05. The fraction of sp³-hybridized carbons (Fsp3) is 0.696. The molecule has 2 aliphatic rings. The molecule has 0 bridgehead atoms. The Hall–Kier alpha value is -1.95. The number of fused-ring (bicyclic) bond motifs is 1. The Labute approximate surface area is 175 Å². The molecule has 6 nitrogen and oxygen atoms in total. The third kappa shape index (κ3) is 4.97. The Kier molecular flexibility index (Phi) is 6.93. The van der Waals surface area contributed by atoms with Crippen LogP contribution in [0.25, 0.3) is 0 Å². The van der Waals surface area contributed by atoms with Gasteiger partial charge in [0.25, 0.3) is 0 Å². The van der Waals surface area contributed by atoms with E-state index in [1.54, 1.807) is 14.2 Å². The van der Waals surface area contributed by atoms with Crippen molar-refractivity contribution in [2.75, 3.05) is 41.0 Å². The third-order valence-corrected chi connectivity index (χ3v) is 6.05. The van der Waals surface area contributed by atoms with Gasteiger partial charge in [-0.25, -0.2) is 0 Å². The maximum absolute atomic E-state index is 6.14. The summed E-state index contributed by atoms with van der Waals surface area (Å²) in [4.78, 5) is 6.89. The van der Waals surface area contributed by atoms with Gasteiger partial charge < -0.3 is 24.4 Å². The topological polar surface area (TPSA) is 55.3 Å². The van der Waals surface area contributed by atoms with E-state index in [2.05, 4.69) is 48.1 Å². The average Bonchev–Trinajstić information content (AvgIpc) is 2.72. The zero-order valence-electron chi connectivity index (χ0n) is 18.9. The summed E-state index contributed by atoms with van der Waals surface area (Å²) in [7, 11) is 5.24. The molecule has 1 saturated heterocycles. The summed E-state index contributed by atoms with van der Waals surface area (Å²) in [6, 6.07) is 4.20. The van der Waals surface area contributed by atoms with Crippen LogP contribution in [0.15, 0.2) is 17.1 Å². The van der Waals surface area contributed by atoms with Crippen molar-refractivity contribution in [3.8, 4) is 11.5 Å². The molecule has 1 aromatic carbocycles. The molecular formula is C23H37N3O3. The number of ether oxygens (including phenoxy) is 3. The van der Waals surface area contributed by atoms with Crippen LogP contribution in [0.1, 0.15) is 44.7 Å². The first kappa shape index (κ1) is 21.8. The molecule has 29 heavy (non-hydrogen) atoms. The highest BCUT2D eigenvalue weighted by molar-refractivity contribution is 5.80. The van der Waals surface area contributed by atoms with Crippen LogP contribution in [0.3, 0.4) is 0 Å². The molecule has 2 heterocycles. The molecule has 0 saturated carbocycles. The van der Waals surface area contributed by atoms with Crippen LogP contribution in [-0.2, 0) is 17.7 Å². The normalized spacial score (nSPS) is 22.8. The second-order valence-corrected chi connectivity index (χ2v) is 9.14. The van der Waals surface area contributed by atoms with E-state index in [9.17, 15) is 0 Å². The molecule has 2 unspecified atom stereocenters. The Morgan fingerprint density at radius 2 is 1.90 bits per heavy atom. The van der Waals surface area contributed by atoms with Crippen molar-refractivity contribution >= 4 is 5.96 Å². The molecule has 6 heteroatoms. The van der Waals surface area contributed by atoms with Gasteiger partial charge in [0.2, 0.25) is 0 Å². The predicted molar refractivity (Wildman–Crippen MR) is 117 cm³/mol. The van der Waals surface area contributed by atoms with Crippen molar-refractivity contribution in [1.29, 1.82) is 0 Å². The maximum atomic E-state index is 6.14. The lowest BCUT2D eigenvalue weighted by Gasteiger charge is -2.41.